The quantitative estimate of drug-likeness (QED) is 0.0652. The summed E-state index contributed by atoms with van der Waals surface area (Å²) < 4.78 is 36.8. The maximum absolute atomic E-state index is 13.7. The highest BCUT2D eigenvalue weighted by atomic mass is 16.7. The van der Waals surface area contributed by atoms with Gasteiger partial charge in [-0.2, -0.15) is 0 Å². The molecule has 1 heterocycles. The first-order valence-electron chi connectivity index (χ1n) is 17.6. The topological polar surface area (TPSA) is 124 Å². The number of hydrogen-bond donors (Lipinski definition) is 0. The van der Waals surface area contributed by atoms with Gasteiger partial charge in [0.25, 0.3) is 0 Å². The molecule has 52 heavy (non-hydrogen) atoms. The second-order valence-electron chi connectivity index (χ2n) is 12.5. The molecule has 1 aliphatic heterocycles. The van der Waals surface area contributed by atoms with Gasteiger partial charge in [0.05, 0.1) is 28.4 Å². The van der Waals surface area contributed by atoms with Crippen LogP contribution in [0.3, 0.4) is 0 Å². The van der Waals surface area contributed by atoms with Gasteiger partial charge in [-0.05, 0) is 61.9 Å². The van der Waals surface area contributed by atoms with Crippen LogP contribution in [0, 0.1) is 0 Å². The Hall–Kier alpha value is -5.32. The van der Waals surface area contributed by atoms with Gasteiger partial charge in [-0.3, -0.25) is 0 Å². The lowest BCUT2D eigenvalue weighted by atomic mass is 9.97. The van der Waals surface area contributed by atoms with E-state index in [-0.39, 0.29) is 22.8 Å². The van der Waals surface area contributed by atoms with Crippen LogP contribution in [0.15, 0.2) is 121 Å². The minimum atomic E-state index is -1.46. The van der Waals surface area contributed by atoms with E-state index in [4.69, 9.17) is 28.4 Å². The molecule has 0 unspecified atom stereocenters. The summed E-state index contributed by atoms with van der Waals surface area (Å²) in [6.07, 6.45) is -2.47. The molecule has 1 saturated heterocycles. The maximum atomic E-state index is 13.7. The van der Waals surface area contributed by atoms with E-state index in [0.29, 0.717) is 12.0 Å². The summed E-state index contributed by atoms with van der Waals surface area (Å²) in [5, 5.41) is 0. The van der Waals surface area contributed by atoms with Crippen molar-refractivity contribution < 1.29 is 47.6 Å². The zero-order chi connectivity index (χ0) is 36.7. The lowest BCUT2D eigenvalue weighted by molar-refractivity contribution is -0.307. The molecule has 6 atom stereocenters. The Bertz CT molecular complexity index is 1720. The molecule has 10 heteroatoms. The Morgan fingerprint density at radius 1 is 0.558 bits per heavy atom. The van der Waals surface area contributed by atoms with Gasteiger partial charge < -0.3 is 28.4 Å². The predicted molar refractivity (Wildman–Crippen MR) is 192 cm³/mol. The van der Waals surface area contributed by atoms with E-state index in [2.05, 4.69) is 6.92 Å². The van der Waals surface area contributed by atoms with Gasteiger partial charge >= 0.3 is 23.9 Å². The molecular formula is C42H44O10. The maximum Gasteiger partial charge on any atom is 0.338 e. The fraction of sp³-hybridized carbons (Fsp3) is 0.333. The highest BCUT2D eigenvalue weighted by molar-refractivity contribution is 5.91. The van der Waals surface area contributed by atoms with Crippen molar-refractivity contribution in [2.45, 2.75) is 82.8 Å². The average molecular weight is 709 g/mol. The van der Waals surface area contributed by atoms with E-state index >= 15 is 0 Å². The fourth-order valence-corrected chi connectivity index (χ4v) is 5.79. The smallest absolute Gasteiger partial charge is 0.338 e. The molecule has 272 valence electrons. The van der Waals surface area contributed by atoms with Gasteiger partial charge in [-0.1, -0.05) is 105 Å². The van der Waals surface area contributed by atoms with Crippen molar-refractivity contribution in [2.24, 2.45) is 0 Å². The average Bonchev–Trinajstić information content (AvgIpc) is 3.19. The molecule has 0 N–H and O–H groups in total. The lowest BCUT2D eigenvalue weighted by Gasteiger charge is -2.45. The summed E-state index contributed by atoms with van der Waals surface area (Å²) in [5.41, 5.74) is 0.960. The molecule has 0 aromatic heterocycles. The normalized spacial score (nSPS) is 20.2. The molecule has 0 aliphatic carbocycles. The van der Waals surface area contributed by atoms with Crippen LogP contribution in [-0.4, -0.2) is 67.3 Å². The molecule has 0 radical (unpaired) electrons. The number of carbonyl (C=O) groups excluding carboxylic acids is 4. The van der Waals surface area contributed by atoms with Crippen LogP contribution in [0.25, 0.3) is 0 Å². The summed E-state index contributed by atoms with van der Waals surface area (Å²) in [6, 6.07) is 33.2. The third-order valence-corrected chi connectivity index (χ3v) is 8.57. The highest BCUT2D eigenvalue weighted by Gasteiger charge is 2.54. The number of unbranched alkanes of at least 4 members (excludes halogenated alkanes) is 3. The van der Waals surface area contributed by atoms with Gasteiger partial charge in [0.1, 0.15) is 12.7 Å². The van der Waals surface area contributed by atoms with E-state index in [9.17, 15) is 19.2 Å². The largest absolute Gasteiger partial charge is 0.459 e. The summed E-state index contributed by atoms with van der Waals surface area (Å²) in [6.45, 7) is 3.59. The molecule has 0 amide bonds. The van der Waals surface area contributed by atoms with Gasteiger partial charge in [-0.25, -0.2) is 19.2 Å². The molecule has 0 spiro atoms. The second kappa shape index (κ2) is 19.3. The number of carbonyl (C=O) groups is 4. The molecule has 0 saturated carbocycles. The van der Waals surface area contributed by atoms with Gasteiger partial charge in [0, 0.05) is 0 Å². The van der Waals surface area contributed by atoms with Gasteiger partial charge in [0.15, 0.2) is 24.6 Å². The molecule has 4 aromatic carbocycles. The first kappa shape index (κ1) is 37.9. The molecule has 5 rings (SSSR count). The van der Waals surface area contributed by atoms with Gasteiger partial charge in [-0.15, -0.1) is 0 Å². The van der Waals surface area contributed by atoms with Crippen LogP contribution in [0.1, 0.15) is 87.4 Å². The van der Waals surface area contributed by atoms with Crippen molar-refractivity contribution in [3.05, 3.63) is 144 Å². The van der Waals surface area contributed by atoms with Crippen molar-refractivity contribution >= 4 is 23.9 Å². The van der Waals surface area contributed by atoms with Crippen molar-refractivity contribution in [1.29, 1.82) is 0 Å². The molecule has 0 bridgehead atoms. The Labute approximate surface area is 303 Å². The molecule has 1 fully saturated rings. The van der Waals surface area contributed by atoms with Crippen LogP contribution < -0.4 is 0 Å². The van der Waals surface area contributed by atoms with E-state index in [0.717, 1.165) is 25.7 Å². The number of rotatable bonds is 16. The molecular weight excluding hydrogens is 664 g/mol. The Morgan fingerprint density at radius 2 is 0.981 bits per heavy atom. The van der Waals surface area contributed by atoms with Gasteiger partial charge in [0.2, 0.25) is 0 Å². The third kappa shape index (κ3) is 10.6. The predicted octanol–water partition coefficient (Wildman–Crippen LogP) is 7.62. The molecule has 10 nitrogen and oxygen atoms in total. The first-order chi connectivity index (χ1) is 25.3. The monoisotopic (exact) mass is 708 g/mol. The van der Waals surface area contributed by atoms with Crippen LogP contribution in [-0.2, 0) is 28.4 Å². The van der Waals surface area contributed by atoms with Crippen molar-refractivity contribution in [1.82, 2.24) is 0 Å². The molecule has 1 aliphatic rings. The second-order valence-corrected chi connectivity index (χ2v) is 12.5. The zero-order valence-electron chi connectivity index (χ0n) is 29.3. The van der Waals surface area contributed by atoms with E-state index < -0.39 is 61.2 Å². The number of hydrogen-bond acceptors (Lipinski definition) is 10. The minimum Gasteiger partial charge on any atom is -0.459 e. The summed E-state index contributed by atoms with van der Waals surface area (Å²) >= 11 is 0. The number of esters is 4. The summed E-state index contributed by atoms with van der Waals surface area (Å²) in [7, 11) is 0. The number of ether oxygens (including phenoxy) is 6. The van der Waals surface area contributed by atoms with Crippen molar-refractivity contribution in [3.63, 3.8) is 0 Å². The Balaban J connectivity index is 1.53. The standard InChI is InChI=1S/C42H44O10/c1-3-4-5-10-19-29(2)48-42-37(52-41(46)33-26-17-9-18-27-33)36(51-40(45)32-24-15-8-16-25-32)35(50-39(44)31-22-13-7-14-23-31)34(49-42)28-47-38(43)30-20-11-6-12-21-30/h6-9,11-18,20-27,29,34-37,42H,3-5,10,19,28H2,1-2H3/t29-,34+,35+,36-,37+,42+/m0/s1. The van der Waals surface area contributed by atoms with Crippen LogP contribution in [0.4, 0.5) is 0 Å². The van der Waals surface area contributed by atoms with Crippen molar-refractivity contribution in [2.75, 3.05) is 6.61 Å². The SMILES string of the molecule is CCCCCC[C@H](C)O[C@@H]1O[C@H](COC(=O)c2ccccc2)[C@@H](OC(=O)c2ccccc2)[C@H](OC(=O)c2ccccc2)[C@H]1OC(=O)c1ccccc1. The fourth-order valence-electron chi connectivity index (χ4n) is 5.79. The minimum absolute atomic E-state index is 0.212. The van der Waals surface area contributed by atoms with E-state index in [1.54, 1.807) is 121 Å². The Kier molecular flexibility index (Phi) is 14.1. The van der Waals surface area contributed by atoms with Crippen LogP contribution in [0.5, 0.6) is 0 Å². The van der Waals surface area contributed by atoms with Crippen LogP contribution in [0.2, 0.25) is 0 Å². The van der Waals surface area contributed by atoms with Crippen molar-refractivity contribution in [3.8, 4) is 0 Å². The summed E-state index contributed by atoms with van der Waals surface area (Å²) in [5.74, 6) is -2.90. The lowest BCUT2D eigenvalue weighted by Crippen LogP contribution is -2.63. The van der Waals surface area contributed by atoms with E-state index in [1.165, 1.54) is 0 Å². The van der Waals surface area contributed by atoms with E-state index in [1.807, 2.05) is 6.92 Å². The number of benzene rings is 4. The molecule has 4 aromatic rings. The third-order valence-electron chi connectivity index (χ3n) is 8.57. The zero-order valence-corrected chi connectivity index (χ0v) is 29.3. The van der Waals surface area contributed by atoms with Crippen LogP contribution >= 0.6 is 0 Å². The highest BCUT2D eigenvalue weighted by Crippen LogP contribution is 2.33. The summed E-state index contributed by atoms with van der Waals surface area (Å²) in [4.78, 5) is 54.1. The first-order valence-corrected chi connectivity index (χ1v) is 17.6. The Morgan fingerprint density at radius 3 is 1.44 bits per heavy atom.